The molecule has 1 fully saturated rings. The summed E-state index contributed by atoms with van der Waals surface area (Å²) in [5.74, 6) is 2.57. The van der Waals surface area contributed by atoms with Crippen LogP contribution in [0.15, 0.2) is 17.0 Å². The molecule has 0 spiro atoms. The zero-order chi connectivity index (χ0) is 15.6. The molecule has 0 amide bonds. The van der Waals surface area contributed by atoms with Crippen molar-refractivity contribution in [2.75, 3.05) is 38.5 Å². The van der Waals surface area contributed by atoms with E-state index in [2.05, 4.69) is 5.92 Å². The Balaban J connectivity index is 2.22. The quantitative estimate of drug-likeness (QED) is 0.668. The smallest absolute Gasteiger partial charge is 0.243 e. The molecule has 1 aromatic rings. The predicted molar refractivity (Wildman–Crippen MR) is 84.6 cm³/mol. The monoisotopic (exact) mass is 327 g/mol. The average molecular weight is 328 g/mol. The molecule has 0 atom stereocenters. The Kier molecular flexibility index (Phi) is 4.79. The van der Waals surface area contributed by atoms with Crippen molar-refractivity contribution in [3.8, 4) is 12.3 Å². The van der Waals surface area contributed by atoms with E-state index in [0.717, 1.165) is 0 Å². The molecule has 0 aliphatic carbocycles. The van der Waals surface area contributed by atoms with Gasteiger partial charge in [0.05, 0.1) is 11.4 Å². The van der Waals surface area contributed by atoms with Crippen LogP contribution >= 0.6 is 11.6 Å². The third-order valence-electron chi connectivity index (χ3n) is 3.64. The van der Waals surface area contributed by atoms with Gasteiger partial charge in [-0.05, 0) is 24.6 Å². The molecule has 2 N–H and O–H groups in total. The van der Waals surface area contributed by atoms with Crippen LogP contribution in [0, 0.1) is 19.3 Å². The van der Waals surface area contributed by atoms with Crippen molar-refractivity contribution in [3.05, 3.63) is 22.7 Å². The van der Waals surface area contributed by atoms with Crippen molar-refractivity contribution in [3.63, 3.8) is 0 Å². The van der Waals surface area contributed by atoms with Crippen LogP contribution in [-0.2, 0) is 10.0 Å². The Hall–Kier alpha value is -1.26. The van der Waals surface area contributed by atoms with Crippen molar-refractivity contribution in [1.82, 2.24) is 9.21 Å². The van der Waals surface area contributed by atoms with Gasteiger partial charge in [0.1, 0.15) is 0 Å². The van der Waals surface area contributed by atoms with Crippen LogP contribution in [0.1, 0.15) is 5.56 Å². The Bertz CT molecular complexity index is 651. The summed E-state index contributed by atoms with van der Waals surface area (Å²) in [6, 6.07) is 2.92. The highest BCUT2D eigenvalue weighted by Crippen LogP contribution is 2.28. The van der Waals surface area contributed by atoms with Crippen molar-refractivity contribution in [2.24, 2.45) is 0 Å². The highest BCUT2D eigenvalue weighted by Gasteiger charge is 2.29. The SMILES string of the molecule is C#CCN1CCN(S(=O)(=O)c2cc(N)c(C)c(Cl)c2)CC1. The first kappa shape index (κ1) is 16.1. The molecule has 5 nitrogen and oxygen atoms in total. The largest absolute Gasteiger partial charge is 0.398 e. The number of nitrogen functional groups attached to an aromatic ring is 1. The van der Waals surface area contributed by atoms with Crippen molar-refractivity contribution in [2.45, 2.75) is 11.8 Å². The van der Waals surface area contributed by atoms with Crippen LogP contribution in [-0.4, -0.2) is 50.3 Å². The molecule has 1 saturated heterocycles. The standard InChI is InChI=1S/C14H18ClN3O2S/c1-3-4-17-5-7-18(8-6-17)21(19,20)12-9-13(15)11(2)14(16)10-12/h1,9-10H,4-8,16H2,2H3. The summed E-state index contributed by atoms with van der Waals surface area (Å²) in [6.07, 6.45) is 5.27. The lowest BCUT2D eigenvalue weighted by Crippen LogP contribution is -2.48. The van der Waals surface area contributed by atoms with E-state index in [4.69, 9.17) is 23.8 Å². The van der Waals surface area contributed by atoms with Gasteiger partial charge >= 0.3 is 0 Å². The second kappa shape index (κ2) is 6.24. The van der Waals surface area contributed by atoms with Gasteiger partial charge in [0, 0.05) is 36.9 Å². The number of terminal acetylenes is 1. The maximum Gasteiger partial charge on any atom is 0.243 e. The number of sulfonamides is 1. The highest BCUT2D eigenvalue weighted by molar-refractivity contribution is 7.89. The highest BCUT2D eigenvalue weighted by atomic mass is 35.5. The van der Waals surface area contributed by atoms with E-state index in [1.165, 1.54) is 16.4 Å². The molecule has 1 aromatic carbocycles. The first-order valence-electron chi connectivity index (χ1n) is 6.58. The van der Waals surface area contributed by atoms with Crippen LogP contribution < -0.4 is 5.73 Å². The lowest BCUT2D eigenvalue weighted by Gasteiger charge is -2.33. The molecule has 7 heteroatoms. The fraction of sp³-hybridized carbons (Fsp3) is 0.429. The fourth-order valence-electron chi connectivity index (χ4n) is 2.23. The summed E-state index contributed by atoms with van der Waals surface area (Å²) in [5.41, 5.74) is 6.88. The van der Waals surface area contributed by atoms with Crippen LogP contribution in [0.2, 0.25) is 5.02 Å². The first-order valence-corrected chi connectivity index (χ1v) is 8.39. The topological polar surface area (TPSA) is 66.6 Å². The number of halogens is 1. The molecular formula is C14H18ClN3O2S. The molecule has 0 bridgehead atoms. The van der Waals surface area contributed by atoms with Crippen LogP contribution in [0.5, 0.6) is 0 Å². The summed E-state index contributed by atoms with van der Waals surface area (Å²) in [5, 5.41) is 0.361. The number of piperazine rings is 1. The van der Waals surface area contributed by atoms with Gasteiger partial charge < -0.3 is 5.73 Å². The van der Waals surface area contributed by atoms with Crippen LogP contribution in [0.25, 0.3) is 0 Å². The Morgan fingerprint density at radius 3 is 2.48 bits per heavy atom. The summed E-state index contributed by atoms with van der Waals surface area (Å²) in [6.45, 7) is 4.37. The number of nitrogens with two attached hydrogens (primary N) is 1. The fourth-order valence-corrected chi connectivity index (χ4v) is 4.01. The molecule has 1 aliphatic rings. The molecular weight excluding hydrogens is 310 g/mol. The van der Waals surface area contributed by atoms with Gasteiger partial charge in [-0.25, -0.2) is 8.42 Å². The van der Waals surface area contributed by atoms with E-state index in [0.29, 0.717) is 49.0 Å². The van der Waals surface area contributed by atoms with Gasteiger partial charge in [-0.1, -0.05) is 17.5 Å². The number of nitrogens with zero attached hydrogens (tertiary/aromatic N) is 2. The average Bonchev–Trinajstić information content (AvgIpc) is 2.45. The van der Waals surface area contributed by atoms with E-state index >= 15 is 0 Å². The molecule has 2 rings (SSSR count). The molecule has 0 radical (unpaired) electrons. The molecule has 1 heterocycles. The third kappa shape index (κ3) is 3.33. The Morgan fingerprint density at radius 2 is 1.95 bits per heavy atom. The molecule has 1 aliphatic heterocycles. The minimum absolute atomic E-state index is 0.140. The third-order valence-corrected chi connectivity index (χ3v) is 5.91. The second-order valence-corrected chi connectivity index (χ2v) is 7.35. The Labute approximate surface area is 130 Å². The van der Waals surface area contributed by atoms with Gasteiger partial charge in [-0.2, -0.15) is 4.31 Å². The van der Waals surface area contributed by atoms with Gasteiger partial charge in [-0.3, -0.25) is 4.90 Å². The molecule has 0 unspecified atom stereocenters. The van der Waals surface area contributed by atoms with Crippen molar-refractivity contribution >= 4 is 27.3 Å². The molecule has 0 saturated carbocycles. The van der Waals surface area contributed by atoms with Gasteiger partial charge in [-0.15, -0.1) is 6.42 Å². The number of hydrogen-bond donors (Lipinski definition) is 1. The summed E-state index contributed by atoms with van der Waals surface area (Å²) in [7, 11) is -3.57. The normalized spacial score (nSPS) is 17.6. The Morgan fingerprint density at radius 1 is 1.33 bits per heavy atom. The van der Waals surface area contributed by atoms with E-state index in [1.54, 1.807) is 6.92 Å². The number of benzene rings is 1. The summed E-state index contributed by atoms with van der Waals surface area (Å²) < 4.78 is 26.7. The first-order chi connectivity index (χ1) is 9.86. The van der Waals surface area contributed by atoms with E-state index in [-0.39, 0.29) is 4.90 Å². The zero-order valence-electron chi connectivity index (χ0n) is 11.8. The van der Waals surface area contributed by atoms with Gasteiger partial charge in [0.25, 0.3) is 0 Å². The van der Waals surface area contributed by atoms with E-state index in [9.17, 15) is 8.42 Å². The van der Waals surface area contributed by atoms with E-state index < -0.39 is 10.0 Å². The lowest BCUT2D eigenvalue weighted by molar-refractivity contribution is 0.207. The number of rotatable bonds is 3. The second-order valence-electron chi connectivity index (χ2n) is 5.00. The van der Waals surface area contributed by atoms with E-state index in [1.807, 2.05) is 4.90 Å². The zero-order valence-corrected chi connectivity index (χ0v) is 13.4. The maximum atomic E-state index is 12.6. The molecule has 21 heavy (non-hydrogen) atoms. The maximum absolute atomic E-state index is 12.6. The van der Waals surface area contributed by atoms with Crippen LogP contribution in [0.4, 0.5) is 5.69 Å². The van der Waals surface area contributed by atoms with Gasteiger partial charge in [0.15, 0.2) is 0 Å². The minimum atomic E-state index is -3.57. The summed E-state index contributed by atoms with van der Waals surface area (Å²) in [4.78, 5) is 2.18. The van der Waals surface area contributed by atoms with Crippen molar-refractivity contribution < 1.29 is 8.42 Å². The van der Waals surface area contributed by atoms with Crippen LogP contribution in [0.3, 0.4) is 0 Å². The molecule has 114 valence electrons. The predicted octanol–water partition coefficient (Wildman–Crippen LogP) is 1.17. The lowest BCUT2D eigenvalue weighted by atomic mass is 10.2. The minimum Gasteiger partial charge on any atom is -0.398 e. The summed E-state index contributed by atoms with van der Waals surface area (Å²) >= 11 is 6.04. The number of anilines is 1. The number of hydrogen-bond acceptors (Lipinski definition) is 4. The van der Waals surface area contributed by atoms with Crippen molar-refractivity contribution in [1.29, 1.82) is 0 Å². The molecule has 0 aromatic heterocycles. The van der Waals surface area contributed by atoms with Gasteiger partial charge in [0.2, 0.25) is 10.0 Å².